The average Bonchev–Trinajstić information content (AvgIpc) is 2.96. The Morgan fingerprint density at radius 3 is 2.52 bits per heavy atom. The maximum Gasteiger partial charge on any atom is 0.243 e. The molecule has 1 aromatic rings. The van der Waals surface area contributed by atoms with Gasteiger partial charge in [0, 0.05) is 46.7 Å². The Morgan fingerprint density at radius 1 is 1.33 bits per heavy atom. The van der Waals surface area contributed by atoms with Crippen LogP contribution in [0.4, 0.5) is 0 Å². The van der Waals surface area contributed by atoms with E-state index in [1.807, 2.05) is 6.92 Å². The first kappa shape index (κ1) is 15.9. The van der Waals surface area contributed by atoms with Gasteiger partial charge in [-0.05, 0) is 6.92 Å². The third-order valence-corrected chi connectivity index (χ3v) is 3.97. The topological polar surface area (TPSA) is 65.7 Å². The molecule has 1 unspecified atom stereocenters. The van der Waals surface area contributed by atoms with E-state index >= 15 is 0 Å². The van der Waals surface area contributed by atoms with Gasteiger partial charge in [0.2, 0.25) is 11.8 Å². The van der Waals surface area contributed by atoms with E-state index in [1.165, 1.54) is 0 Å². The number of piperazine rings is 1. The highest BCUT2D eigenvalue weighted by Crippen LogP contribution is 2.20. The summed E-state index contributed by atoms with van der Waals surface area (Å²) in [6.45, 7) is 8.19. The standard InChI is InChI=1S/C14H25N5O2/c1-5-12-15-14(21-16-12)11(2)19-8-6-18(7-9-19)10-13(20)17(3)4/h11H,5-10H2,1-4H3. The van der Waals surface area contributed by atoms with Crippen LogP contribution in [0.2, 0.25) is 0 Å². The molecule has 2 rings (SSSR count). The molecule has 0 aromatic carbocycles. The van der Waals surface area contributed by atoms with Crippen molar-refractivity contribution in [1.29, 1.82) is 0 Å². The molecule has 0 radical (unpaired) electrons. The van der Waals surface area contributed by atoms with Crippen LogP contribution in [0.1, 0.15) is 31.6 Å². The molecule has 1 atom stereocenters. The van der Waals surface area contributed by atoms with Gasteiger partial charge in [-0.25, -0.2) is 0 Å². The van der Waals surface area contributed by atoms with Crippen LogP contribution in [0.15, 0.2) is 4.52 Å². The first-order valence-electron chi connectivity index (χ1n) is 7.50. The fourth-order valence-electron chi connectivity index (χ4n) is 2.38. The molecule has 21 heavy (non-hydrogen) atoms. The number of hydrogen-bond acceptors (Lipinski definition) is 6. The summed E-state index contributed by atoms with van der Waals surface area (Å²) in [7, 11) is 3.59. The van der Waals surface area contributed by atoms with E-state index in [2.05, 4.69) is 26.9 Å². The van der Waals surface area contributed by atoms with Crippen molar-refractivity contribution in [3.05, 3.63) is 11.7 Å². The van der Waals surface area contributed by atoms with E-state index in [9.17, 15) is 4.79 Å². The molecule has 1 fully saturated rings. The van der Waals surface area contributed by atoms with Crippen LogP contribution < -0.4 is 0 Å². The van der Waals surface area contributed by atoms with Gasteiger partial charge in [-0.3, -0.25) is 14.6 Å². The maximum absolute atomic E-state index is 11.7. The van der Waals surface area contributed by atoms with Crippen molar-refractivity contribution in [1.82, 2.24) is 24.8 Å². The summed E-state index contributed by atoms with van der Waals surface area (Å²) >= 11 is 0. The third-order valence-electron chi connectivity index (χ3n) is 3.97. The molecule has 118 valence electrons. The predicted octanol–water partition coefficient (Wildman–Crippen LogP) is 0.399. The van der Waals surface area contributed by atoms with Gasteiger partial charge in [0.05, 0.1) is 12.6 Å². The monoisotopic (exact) mass is 295 g/mol. The molecule has 1 amide bonds. The van der Waals surface area contributed by atoms with Gasteiger partial charge in [0.15, 0.2) is 5.82 Å². The highest BCUT2D eigenvalue weighted by molar-refractivity contribution is 5.77. The second kappa shape index (κ2) is 7.00. The van der Waals surface area contributed by atoms with Crippen molar-refractivity contribution in [3.8, 4) is 0 Å². The number of aryl methyl sites for hydroxylation is 1. The Morgan fingerprint density at radius 2 is 2.00 bits per heavy atom. The zero-order valence-corrected chi connectivity index (χ0v) is 13.4. The number of aromatic nitrogens is 2. The second-order valence-electron chi connectivity index (χ2n) is 5.68. The van der Waals surface area contributed by atoms with Crippen molar-refractivity contribution in [3.63, 3.8) is 0 Å². The molecule has 0 spiro atoms. The van der Waals surface area contributed by atoms with Crippen LogP contribution in [0.25, 0.3) is 0 Å². The Labute approximate surface area is 125 Å². The predicted molar refractivity (Wildman–Crippen MR) is 78.8 cm³/mol. The lowest BCUT2D eigenvalue weighted by Crippen LogP contribution is -2.49. The lowest BCUT2D eigenvalue weighted by molar-refractivity contribution is -0.130. The van der Waals surface area contributed by atoms with Gasteiger partial charge in [0.25, 0.3) is 0 Å². The molecule has 0 N–H and O–H groups in total. The molecule has 0 bridgehead atoms. The fraction of sp³-hybridized carbons (Fsp3) is 0.786. The van der Waals surface area contributed by atoms with E-state index in [0.717, 1.165) is 38.4 Å². The van der Waals surface area contributed by atoms with Crippen LogP contribution in [0, 0.1) is 0 Å². The van der Waals surface area contributed by atoms with Crippen molar-refractivity contribution in [2.45, 2.75) is 26.3 Å². The number of likely N-dealkylation sites (N-methyl/N-ethyl adjacent to an activating group) is 1. The largest absolute Gasteiger partial charge is 0.348 e. The SMILES string of the molecule is CCc1noc(C(C)N2CCN(CC(=O)N(C)C)CC2)n1. The summed E-state index contributed by atoms with van der Waals surface area (Å²) in [6.07, 6.45) is 0.788. The third kappa shape index (κ3) is 4.01. The normalized spacial score (nSPS) is 18.7. The minimum Gasteiger partial charge on any atom is -0.348 e. The van der Waals surface area contributed by atoms with E-state index in [1.54, 1.807) is 19.0 Å². The Hall–Kier alpha value is -1.47. The summed E-state index contributed by atoms with van der Waals surface area (Å²) in [5, 5.41) is 3.95. The van der Waals surface area contributed by atoms with Gasteiger partial charge in [-0.1, -0.05) is 12.1 Å². The molecule has 1 aliphatic heterocycles. The minimum absolute atomic E-state index is 0.129. The van der Waals surface area contributed by atoms with Gasteiger partial charge in [-0.15, -0.1) is 0 Å². The van der Waals surface area contributed by atoms with E-state index in [4.69, 9.17) is 4.52 Å². The average molecular weight is 295 g/mol. The summed E-state index contributed by atoms with van der Waals surface area (Å²) < 4.78 is 5.32. The van der Waals surface area contributed by atoms with Crippen LogP contribution in [0.3, 0.4) is 0 Å². The number of hydrogen-bond donors (Lipinski definition) is 0. The summed E-state index contributed by atoms with van der Waals surface area (Å²) in [4.78, 5) is 22.3. The molecule has 1 saturated heterocycles. The zero-order chi connectivity index (χ0) is 15.4. The van der Waals surface area contributed by atoms with Crippen LogP contribution in [-0.4, -0.2) is 77.6 Å². The lowest BCUT2D eigenvalue weighted by Gasteiger charge is -2.36. The lowest BCUT2D eigenvalue weighted by atomic mass is 10.2. The van der Waals surface area contributed by atoms with Gasteiger partial charge >= 0.3 is 0 Å². The second-order valence-corrected chi connectivity index (χ2v) is 5.68. The highest BCUT2D eigenvalue weighted by atomic mass is 16.5. The van der Waals surface area contributed by atoms with Crippen LogP contribution in [-0.2, 0) is 11.2 Å². The molecule has 0 saturated carbocycles. The number of rotatable bonds is 5. The Kier molecular flexibility index (Phi) is 5.30. The molecule has 7 nitrogen and oxygen atoms in total. The Balaban J connectivity index is 1.84. The number of nitrogens with zero attached hydrogens (tertiary/aromatic N) is 5. The molecular formula is C14H25N5O2. The van der Waals surface area contributed by atoms with Gasteiger partial charge in [-0.2, -0.15) is 4.98 Å². The minimum atomic E-state index is 0.129. The summed E-state index contributed by atoms with van der Waals surface area (Å²) in [5.41, 5.74) is 0. The summed E-state index contributed by atoms with van der Waals surface area (Å²) in [6, 6.07) is 0.129. The zero-order valence-electron chi connectivity index (χ0n) is 13.4. The Bertz CT molecular complexity index is 466. The first-order valence-corrected chi connectivity index (χ1v) is 7.50. The number of carbonyl (C=O) groups is 1. The van der Waals surface area contributed by atoms with Gasteiger partial charge in [0.1, 0.15) is 0 Å². The first-order chi connectivity index (χ1) is 10.0. The quantitative estimate of drug-likeness (QED) is 0.783. The van der Waals surface area contributed by atoms with Crippen molar-refractivity contribution in [2.75, 3.05) is 46.8 Å². The van der Waals surface area contributed by atoms with E-state index < -0.39 is 0 Å². The molecule has 1 aliphatic rings. The highest BCUT2D eigenvalue weighted by Gasteiger charge is 2.26. The number of carbonyl (C=O) groups excluding carboxylic acids is 1. The van der Waals surface area contributed by atoms with Gasteiger partial charge < -0.3 is 9.42 Å². The molecule has 2 heterocycles. The number of amides is 1. The maximum atomic E-state index is 11.7. The van der Waals surface area contributed by atoms with E-state index in [0.29, 0.717) is 12.4 Å². The summed E-state index contributed by atoms with van der Waals surface area (Å²) in [5.74, 6) is 1.60. The van der Waals surface area contributed by atoms with Crippen LogP contribution >= 0.6 is 0 Å². The van der Waals surface area contributed by atoms with E-state index in [-0.39, 0.29) is 11.9 Å². The van der Waals surface area contributed by atoms with Crippen molar-refractivity contribution >= 4 is 5.91 Å². The molecule has 7 heteroatoms. The van der Waals surface area contributed by atoms with Crippen LogP contribution in [0.5, 0.6) is 0 Å². The molecule has 1 aromatic heterocycles. The fourth-order valence-corrected chi connectivity index (χ4v) is 2.38. The molecule has 0 aliphatic carbocycles. The van der Waals surface area contributed by atoms with Crippen molar-refractivity contribution < 1.29 is 9.32 Å². The van der Waals surface area contributed by atoms with Crippen molar-refractivity contribution in [2.24, 2.45) is 0 Å². The smallest absolute Gasteiger partial charge is 0.243 e. The molecular weight excluding hydrogens is 270 g/mol.